The van der Waals surface area contributed by atoms with Gasteiger partial charge in [0.15, 0.2) is 5.13 Å². The molecule has 0 radical (unpaired) electrons. The summed E-state index contributed by atoms with van der Waals surface area (Å²) in [5.41, 5.74) is 2.04. The molecule has 3 aromatic rings. The fraction of sp³-hybridized carbons (Fsp3) is 0.217. The number of thiocarbonyl (C=S) groups is 1. The Labute approximate surface area is 198 Å². The highest BCUT2D eigenvalue weighted by Gasteiger charge is 2.34. The zero-order chi connectivity index (χ0) is 22.1. The maximum Gasteiger partial charge on any atom is 0.266 e. The first kappa shape index (κ1) is 21.1. The van der Waals surface area contributed by atoms with Crippen LogP contribution in [0.25, 0.3) is 17.4 Å². The van der Waals surface area contributed by atoms with E-state index in [-0.39, 0.29) is 18.4 Å². The second-order valence-corrected chi connectivity index (χ2v) is 10.2. The number of carbonyl (C=O) groups is 2. The van der Waals surface area contributed by atoms with Crippen LogP contribution in [0.15, 0.2) is 51.8 Å². The van der Waals surface area contributed by atoms with Gasteiger partial charge in [-0.15, -0.1) is 11.3 Å². The predicted octanol–water partition coefficient (Wildman–Crippen LogP) is 5.12. The first-order chi connectivity index (χ1) is 15.6. The Morgan fingerprint density at radius 3 is 2.81 bits per heavy atom. The maximum atomic E-state index is 12.9. The first-order valence-corrected chi connectivity index (χ1v) is 12.3. The van der Waals surface area contributed by atoms with Crippen LogP contribution in [0.1, 0.15) is 29.2 Å². The fourth-order valence-corrected chi connectivity index (χ4v) is 5.96. The number of fused-ring (bicyclic) bond motifs is 1. The minimum absolute atomic E-state index is 0.139. The zero-order valence-electron chi connectivity index (χ0n) is 17.0. The van der Waals surface area contributed by atoms with Crippen LogP contribution in [-0.2, 0) is 22.4 Å². The molecule has 3 heterocycles. The average Bonchev–Trinajstić information content (AvgIpc) is 3.49. The first-order valence-electron chi connectivity index (χ1n) is 10.3. The third-order valence-corrected chi connectivity index (χ3v) is 7.68. The molecule has 162 valence electrons. The van der Waals surface area contributed by atoms with Crippen molar-refractivity contribution < 1.29 is 14.0 Å². The number of carbonyl (C=O) groups excluding carboxylic acids is 2. The number of nitrogens with zero attached hydrogens (tertiary/aromatic N) is 2. The summed E-state index contributed by atoms with van der Waals surface area (Å²) < 4.78 is 6.21. The van der Waals surface area contributed by atoms with E-state index in [2.05, 4.69) is 10.3 Å². The Morgan fingerprint density at radius 2 is 2.00 bits per heavy atom. The number of rotatable bonds is 5. The highest BCUT2D eigenvalue weighted by atomic mass is 32.2. The van der Waals surface area contributed by atoms with Crippen molar-refractivity contribution >= 4 is 62.7 Å². The lowest BCUT2D eigenvalue weighted by molar-refractivity contribution is -0.126. The number of aryl methyl sites for hydroxylation is 2. The van der Waals surface area contributed by atoms with Crippen molar-refractivity contribution in [2.24, 2.45) is 0 Å². The zero-order valence-corrected chi connectivity index (χ0v) is 19.4. The third-order valence-electron chi connectivity index (χ3n) is 5.23. The van der Waals surface area contributed by atoms with Gasteiger partial charge in [-0.1, -0.05) is 54.3 Å². The summed E-state index contributed by atoms with van der Waals surface area (Å²) in [5, 5.41) is 3.41. The van der Waals surface area contributed by atoms with E-state index in [0.29, 0.717) is 20.1 Å². The van der Waals surface area contributed by atoms with Gasteiger partial charge in [0, 0.05) is 16.5 Å². The van der Waals surface area contributed by atoms with E-state index in [1.165, 1.54) is 32.9 Å². The Kier molecular flexibility index (Phi) is 5.95. The van der Waals surface area contributed by atoms with E-state index in [1.54, 1.807) is 6.08 Å². The second kappa shape index (κ2) is 9.01. The Hall–Kier alpha value is -2.75. The molecule has 0 saturated carbocycles. The van der Waals surface area contributed by atoms with E-state index in [4.69, 9.17) is 16.6 Å². The highest BCUT2D eigenvalue weighted by Crippen LogP contribution is 2.34. The topological polar surface area (TPSA) is 75.4 Å². The smallest absolute Gasteiger partial charge is 0.266 e. The number of thiazole rings is 1. The van der Waals surface area contributed by atoms with E-state index < -0.39 is 0 Å². The molecule has 0 unspecified atom stereocenters. The number of aromatic nitrogens is 1. The molecular weight excluding hydrogens is 462 g/mol. The number of amides is 2. The normalized spacial score (nSPS) is 17.1. The molecule has 2 amide bonds. The molecule has 2 aromatic heterocycles. The van der Waals surface area contributed by atoms with Gasteiger partial charge < -0.3 is 9.73 Å². The van der Waals surface area contributed by atoms with Crippen molar-refractivity contribution in [2.45, 2.75) is 25.7 Å². The molecule has 1 N–H and O–H groups in total. The lowest BCUT2D eigenvalue weighted by Gasteiger charge is -2.13. The second-order valence-electron chi connectivity index (χ2n) is 7.48. The molecule has 0 spiro atoms. The Morgan fingerprint density at radius 1 is 1.19 bits per heavy atom. The lowest BCUT2D eigenvalue weighted by atomic mass is 10.0. The van der Waals surface area contributed by atoms with Gasteiger partial charge in [0.25, 0.3) is 5.91 Å². The summed E-state index contributed by atoms with van der Waals surface area (Å²) in [5.74, 6) is 0.671. The minimum atomic E-state index is -0.307. The van der Waals surface area contributed by atoms with Gasteiger partial charge >= 0.3 is 0 Å². The largest absolute Gasteiger partial charge is 0.457 e. The monoisotopic (exact) mass is 481 g/mol. The summed E-state index contributed by atoms with van der Waals surface area (Å²) in [4.78, 5) is 32.9. The van der Waals surface area contributed by atoms with Crippen molar-refractivity contribution in [1.29, 1.82) is 0 Å². The standard InChI is InChI=1S/C23H19N3O3S3/c27-20(25-22-24-16-8-4-5-9-18(16)31-22)13-26-21(28)19(32-23(26)30)12-15-10-11-17(29-15)14-6-2-1-3-7-14/h1-3,6-7,10-12H,4-5,8-9,13H2,(H,24,25,27)/b19-12-. The number of hydrogen-bond acceptors (Lipinski definition) is 7. The summed E-state index contributed by atoms with van der Waals surface area (Å²) in [6.45, 7) is -0.139. The molecule has 1 saturated heterocycles. The van der Waals surface area contributed by atoms with Crippen molar-refractivity contribution in [3.63, 3.8) is 0 Å². The molecular formula is C23H19N3O3S3. The summed E-state index contributed by atoms with van der Waals surface area (Å²) in [6, 6.07) is 13.4. The number of thioether (sulfide) groups is 1. The van der Waals surface area contributed by atoms with Crippen molar-refractivity contribution in [1.82, 2.24) is 9.88 Å². The molecule has 32 heavy (non-hydrogen) atoms. The van der Waals surface area contributed by atoms with Gasteiger partial charge in [-0.25, -0.2) is 4.98 Å². The van der Waals surface area contributed by atoms with Crippen molar-refractivity contribution in [2.75, 3.05) is 11.9 Å². The molecule has 9 heteroatoms. The molecule has 0 atom stereocenters. The van der Waals surface area contributed by atoms with Crippen LogP contribution in [0.3, 0.4) is 0 Å². The quantitative estimate of drug-likeness (QED) is 0.403. The van der Waals surface area contributed by atoms with Crippen LogP contribution in [0, 0.1) is 0 Å². The molecule has 1 aliphatic carbocycles. The molecule has 2 aliphatic rings. The van der Waals surface area contributed by atoms with Crippen LogP contribution in [0.4, 0.5) is 5.13 Å². The predicted molar refractivity (Wildman–Crippen MR) is 131 cm³/mol. The summed E-state index contributed by atoms with van der Waals surface area (Å²) >= 11 is 8.04. The van der Waals surface area contributed by atoms with Gasteiger partial charge in [0.05, 0.1) is 10.6 Å². The molecule has 1 fully saturated rings. The van der Waals surface area contributed by atoms with E-state index in [0.717, 1.165) is 42.7 Å². The lowest BCUT2D eigenvalue weighted by Crippen LogP contribution is -2.36. The van der Waals surface area contributed by atoms with Crippen LogP contribution >= 0.6 is 35.3 Å². The SMILES string of the molecule is O=C(CN1C(=O)/C(=C/c2ccc(-c3ccccc3)o2)SC1=S)Nc1nc2c(s1)CCCC2. The molecule has 1 aliphatic heterocycles. The Balaban J connectivity index is 1.25. The highest BCUT2D eigenvalue weighted by molar-refractivity contribution is 8.26. The number of anilines is 1. The maximum absolute atomic E-state index is 12.9. The number of furan rings is 1. The third kappa shape index (κ3) is 4.41. The van der Waals surface area contributed by atoms with Crippen LogP contribution in [0.5, 0.6) is 0 Å². The van der Waals surface area contributed by atoms with Gasteiger partial charge in [-0.3, -0.25) is 14.5 Å². The van der Waals surface area contributed by atoms with Crippen LogP contribution < -0.4 is 5.32 Å². The fourth-order valence-electron chi connectivity index (χ4n) is 3.66. The van der Waals surface area contributed by atoms with Gasteiger partial charge in [-0.05, 0) is 37.8 Å². The van der Waals surface area contributed by atoms with E-state index in [1.807, 2.05) is 42.5 Å². The molecule has 1 aromatic carbocycles. The van der Waals surface area contributed by atoms with Crippen LogP contribution in [0.2, 0.25) is 0 Å². The number of benzene rings is 1. The molecule has 5 rings (SSSR count). The molecule has 0 bridgehead atoms. The van der Waals surface area contributed by atoms with Crippen molar-refractivity contribution in [3.8, 4) is 11.3 Å². The van der Waals surface area contributed by atoms with E-state index in [9.17, 15) is 9.59 Å². The summed E-state index contributed by atoms with van der Waals surface area (Å²) in [7, 11) is 0. The van der Waals surface area contributed by atoms with Gasteiger partial charge in [-0.2, -0.15) is 0 Å². The van der Waals surface area contributed by atoms with E-state index >= 15 is 0 Å². The Bertz CT molecular complexity index is 1210. The number of nitrogens with one attached hydrogen (secondary N) is 1. The minimum Gasteiger partial charge on any atom is -0.457 e. The van der Waals surface area contributed by atoms with Gasteiger partial charge in [0.1, 0.15) is 22.4 Å². The molecule has 6 nitrogen and oxygen atoms in total. The van der Waals surface area contributed by atoms with Gasteiger partial charge in [0.2, 0.25) is 5.91 Å². The summed E-state index contributed by atoms with van der Waals surface area (Å²) in [6.07, 6.45) is 5.93. The number of hydrogen-bond donors (Lipinski definition) is 1. The van der Waals surface area contributed by atoms with Crippen LogP contribution in [-0.4, -0.2) is 32.6 Å². The average molecular weight is 482 g/mol. The van der Waals surface area contributed by atoms with Crippen molar-refractivity contribution in [3.05, 3.63) is 63.7 Å².